The number of aromatic nitrogens is 2. The molecule has 2 aliphatic heterocycles. The number of rotatable bonds is 2. The highest BCUT2D eigenvalue weighted by Gasteiger charge is 2.33. The molecule has 1 aromatic heterocycles. The van der Waals surface area contributed by atoms with Gasteiger partial charge in [-0.3, -0.25) is 9.48 Å². The fourth-order valence-electron chi connectivity index (χ4n) is 3.85. The number of nitrogens with zero attached hydrogens (tertiary/aromatic N) is 3. The predicted octanol–water partition coefficient (Wildman–Crippen LogP) is 1.95. The van der Waals surface area contributed by atoms with E-state index in [9.17, 15) is 9.90 Å². The van der Waals surface area contributed by atoms with E-state index in [4.69, 9.17) is 0 Å². The Bertz CT molecular complexity index is 738. The minimum absolute atomic E-state index is 0.00158. The Labute approximate surface area is 135 Å². The number of hydrogen-bond donors (Lipinski definition) is 1. The number of carbonyl (C=O) groups excluding carboxylic acids is 1. The van der Waals surface area contributed by atoms with Gasteiger partial charge in [0.15, 0.2) is 0 Å². The Kier molecular flexibility index (Phi) is 3.65. The third-order valence-electron chi connectivity index (χ3n) is 5.06. The zero-order valence-electron chi connectivity index (χ0n) is 13.1. The molecule has 2 aromatic rings. The third-order valence-corrected chi connectivity index (χ3v) is 5.06. The minimum atomic E-state index is -0.258. The van der Waals surface area contributed by atoms with Crippen molar-refractivity contribution >= 4 is 5.91 Å². The molecule has 0 radical (unpaired) electrons. The number of aliphatic hydroxyl groups excluding tert-OH is 1. The van der Waals surface area contributed by atoms with Crippen LogP contribution in [-0.4, -0.2) is 38.8 Å². The largest absolute Gasteiger partial charge is 0.394 e. The number of carbonyl (C=O) groups is 1. The molecular formula is C18H21N3O2. The number of fused-ring (bicyclic) bond motifs is 2. The second-order valence-electron chi connectivity index (χ2n) is 6.33. The monoisotopic (exact) mass is 311 g/mol. The summed E-state index contributed by atoms with van der Waals surface area (Å²) < 4.78 is 1.96. The SMILES string of the molecule is O=C(c1cnn2c1CCCC2)N1CCc2ccccc2[C@@H]1CO. The van der Waals surface area contributed by atoms with E-state index in [0.717, 1.165) is 43.5 Å². The van der Waals surface area contributed by atoms with Crippen LogP contribution in [0.4, 0.5) is 0 Å². The molecule has 5 heteroatoms. The van der Waals surface area contributed by atoms with Gasteiger partial charge >= 0.3 is 0 Å². The number of aryl methyl sites for hydroxylation is 1. The van der Waals surface area contributed by atoms with Crippen LogP contribution in [0.5, 0.6) is 0 Å². The molecule has 0 bridgehead atoms. The molecule has 0 saturated carbocycles. The van der Waals surface area contributed by atoms with Gasteiger partial charge in [-0.2, -0.15) is 5.10 Å². The van der Waals surface area contributed by atoms with Crippen molar-refractivity contribution in [1.29, 1.82) is 0 Å². The average molecular weight is 311 g/mol. The van der Waals surface area contributed by atoms with E-state index in [1.54, 1.807) is 6.20 Å². The highest BCUT2D eigenvalue weighted by Crippen LogP contribution is 2.31. The zero-order chi connectivity index (χ0) is 15.8. The van der Waals surface area contributed by atoms with E-state index in [1.807, 2.05) is 27.8 Å². The van der Waals surface area contributed by atoms with E-state index in [1.165, 1.54) is 5.56 Å². The maximum Gasteiger partial charge on any atom is 0.257 e. The number of benzene rings is 1. The number of amides is 1. The van der Waals surface area contributed by atoms with Crippen molar-refractivity contribution in [1.82, 2.24) is 14.7 Å². The smallest absolute Gasteiger partial charge is 0.257 e. The predicted molar refractivity (Wildman–Crippen MR) is 86.2 cm³/mol. The Hall–Kier alpha value is -2.14. The van der Waals surface area contributed by atoms with Gasteiger partial charge in [-0.25, -0.2) is 0 Å². The highest BCUT2D eigenvalue weighted by atomic mass is 16.3. The zero-order valence-corrected chi connectivity index (χ0v) is 13.1. The summed E-state index contributed by atoms with van der Waals surface area (Å²) in [5.41, 5.74) is 4.06. The van der Waals surface area contributed by atoms with Crippen molar-refractivity contribution in [3.8, 4) is 0 Å². The lowest BCUT2D eigenvalue weighted by atomic mass is 9.92. The third kappa shape index (κ3) is 2.36. The van der Waals surface area contributed by atoms with E-state index in [0.29, 0.717) is 12.1 Å². The van der Waals surface area contributed by atoms with Gasteiger partial charge in [0.1, 0.15) is 0 Å². The average Bonchev–Trinajstić information content (AvgIpc) is 3.04. The first kappa shape index (κ1) is 14.5. The molecule has 3 heterocycles. The van der Waals surface area contributed by atoms with Crippen molar-refractivity contribution in [3.05, 3.63) is 52.8 Å². The second-order valence-corrected chi connectivity index (χ2v) is 6.33. The van der Waals surface area contributed by atoms with Crippen molar-refractivity contribution in [2.24, 2.45) is 0 Å². The van der Waals surface area contributed by atoms with Crippen molar-refractivity contribution in [2.45, 2.75) is 38.3 Å². The van der Waals surface area contributed by atoms with Crippen LogP contribution in [0.1, 0.15) is 46.1 Å². The quantitative estimate of drug-likeness (QED) is 0.922. The van der Waals surface area contributed by atoms with E-state index < -0.39 is 0 Å². The lowest BCUT2D eigenvalue weighted by Crippen LogP contribution is -2.42. The Morgan fingerprint density at radius 3 is 2.96 bits per heavy atom. The van der Waals surface area contributed by atoms with Crippen LogP contribution in [0.25, 0.3) is 0 Å². The summed E-state index contributed by atoms with van der Waals surface area (Å²) in [7, 11) is 0. The summed E-state index contributed by atoms with van der Waals surface area (Å²) in [6.45, 7) is 1.49. The van der Waals surface area contributed by atoms with Crippen molar-refractivity contribution in [2.75, 3.05) is 13.2 Å². The first-order chi connectivity index (χ1) is 11.3. The molecule has 0 fully saturated rings. The topological polar surface area (TPSA) is 58.4 Å². The van der Waals surface area contributed by atoms with E-state index in [2.05, 4.69) is 11.2 Å². The molecule has 0 spiro atoms. The van der Waals surface area contributed by atoms with Crippen LogP contribution in [0, 0.1) is 0 Å². The van der Waals surface area contributed by atoms with Gasteiger partial charge in [-0.05, 0) is 36.8 Å². The molecule has 1 aromatic carbocycles. The lowest BCUT2D eigenvalue weighted by Gasteiger charge is -2.36. The van der Waals surface area contributed by atoms with Crippen molar-refractivity contribution < 1.29 is 9.90 Å². The van der Waals surface area contributed by atoms with Crippen LogP contribution >= 0.6 is 0 Å². The van der Waals surface area contributed by atoms with Crippen LogP contribution in [0.2, 0.25) is 0 Å². The van der Waals surface area contributed by atoms with Gasteiger partial charge in [0.05, 0.1) is 30.1 Å². The molecule has 23 heavy (non-hydrogen) atoms. The van der Waals surface area contributed by atoms with Gasteiger partial charge in [0, 0.05) is 13.1 Å². The number of hydrogen-bond acceptors (Lipinski definition) is 3. The molecule has 120 valence electrons. The van der Waals surface area contributed by atoms with Crippen LogP contribution in [-0.2, 0) is 19.4 Å². The van der Waals surface area contributed by atoms with Gasteiger partial charge in [-0.1, -0.05) is 24.3 Å². The van der Waals surface area contributed by atoms with Crippen molar-refractivity contribution in [3.63, 3.8) is 0 Å². The van der Waals surface area contributed by atoms with Gasteiger partial charge in [0.25, 0.3) is 5.91 Å². The Balaban J connectivity index is 1.68. The fourth-order valence-corrected chi connectivity index (χ4v) is 3.85. The first-order valence-electron chi connectivity index (χ1n) is 8.34. The maximum atomic E-state index is 13.1. The van der Waals surface area contributed by atoms with Gasteiger partial charge < -0.3 is 10.0 Å². The summed E-state index contributed by atoms with van der Waals surface area (Å²) in [5.74, 6) is 0.00158. The summed E-state index contributed by atoms with van der Waals surface area (Å²) in [6.07, 6.45) is 5.69. The standard InChI is InChI=1S/C18H21N3O2/c22-12-17-14-6-2-1-5-13(14)8-10-20(17)18(23)15-11-19-21-9-4-3-7-16(15)21/h1-2,5-6,11,17,22H,3-4,7-10,12H2/t17-/m0/s1. The van der Waals surface area contributed by atoms with E-state index >= 15 is 0 Å². The molecular weight excluding hydrogens is 290 g/mol. The molecule has 1 N–H and O–H groups in total. The van der Waals surface area contributed by atoms with E-state index in [-0.39, 0.29) is 18.6 Å². The summed E-state index contributed by atoms with van der Waals surface area (Å²) in [6, 6.07) is 7.83. The summed E-state index contributed by atoms with van der Waals surface area (Å²) >= 11 is 0. The normalized spacial score (nSPS) is 20.0. The minimum Gasteiger partial charge on any atom is -0.394 e. The molecule has 1 atom stereocenters. The Morgan fingerprint density at radius 1 is 1.22 bits per heavy atom. The molecule has 0 saturated heterocycles. The lowest BCUT2D eigenvalue weighted by molar-refractivity contribution is 0.0567. The summed E-state index contributed by atoms with van der Waals surface area (Å²) in [4.78, 5) is 14.9. The molecule has 0 unspecified atom stereocenters. The van der Waals surface area contributed by atoms with Crippen LogP contribution < -0.4 is 0 Å². The van der Waals surface area contributed by atoms with Gasteiger partial charge in [-0.15, -0.1) is 0 Å². The Morgan fingerprint density at radius 2 is 2.09 bits per heavy atom. The molecule has 5 nitrogen and oxygen atoms in total. The van der Waals surface area contributed by atoms with Gasteiger partial charge in [0.2, 0.25) is 0 Å². The molecule has 4 rings (SSSR count). The maximum absolute atomic E-state index is 13.1. The highest BCUT2D eigenvalue weighted by molar-refractivity contribution is 5.95. The number of aliphatic hydroxyl groups is 1. The molecule has 1 amide bonds. The second kappa shape index (κ2) is 5.81. The molecule has 0 aliphatic carbocycles. The summed E-state index contributed by atoms with van der Waals surface area (Å²) in [5, 5.41) is 14.3. The fraction of sp³-hybridized carbons (Fsp3) is 0.444. The van der Waals surface area contributed by atoms with Crippen LogP contribution in [0.3, 0.4) is 0 Å². The van der Waals surface area contributed by atoms with Crippen LogP contribution in [0.15, 0.2) is 30.5 Å². The molecule has 2 aliphatic rings. The first-order valence-corrected chi connectivity index (χ1v) is 8.34.